The molecule has 0 saturated heterocycles. The minimum atomic E-state index is -2.85. The van der Waals surface area contributed by atoms with Crippen LogP contribution in [0.3, 0.4) is 0 Å². The van der Waals surface area contributed by atoms with Crippen LogP contribution in [0.1, 0.15) is 23.2 Å². The minimum Gasteiger partial charge on any atom is -0.313 e. The second-order valence-corrected chi connectivity index (χ2v) is 20.6. The van der Waals surface area contributed by atoms with Gasteiger partial charge >= 0.3 is 0 Å². The third-order valence-electron chi connectivity index (χ3n) is 12.7. The highest BCUT2D eigenvalue weighted by molar-refractivity contribution is 7.26. The van der Waals surface area contributed by atoms with Crippen LogP contribution in [0.25, 0.3) is 70.3 Å². The SMILES string of the molecule is C1=Cc2c(n(-c3ccccc3)c3ccccc23)C([Si](c2ccccc2)(c2ccccc2)c2ccc(-n3c4ccccc4c4c5sc6ccccc6c5ccc43)cc2)C1. The molecule has 58 heavy (non-hydrogen) atoms. The summed E-state index contributed by atoms with van der Waals surface area (Å²) in [5.41, 5.74) is 9.10. The Morgan fingerprint density at radius 1 is 0.431 bits per heavy atom. The highest BCUT2D eigenvalue weighted by Crippen LogP contribution is 2.45. The molecule has 0 saturated carbocycles. The lowest BCUT2D eigenvalue weighted by molar-refractivity contribution is 0.836. The lowest BCUT2D eigenvalue weighted by Crippen LogP contribution is -2.71. The third-order valence-corrected chi connectivity index (χ3v) is 19.2. The van der Waals surface area contributed by atoms with Gasteiger partial charge < -0.3 is 9.13 Å². The van der Waals surface area contributed by atoms with Crippen LogP contribution in [0, 0.1) is 0 Å². The Kier molecular flexibility index (Phi) is 7.59. The molecule has 0 amide bonds. The highest BCUT2D eigenvalue weighted by atomic mass is 32.1. The van der Waals surface area contributed by atoms with Crippen LogP contribution in [0.2, 0.25) is 0 Å². The van der Waals surface area contributed by atoms with Crippen molar-refractivity contribution in [2.75, 3.05) is 0 Å². The second kappa shape index (κ2) is 13.2. The fourth-order valence-electron chi connectivity index (χ4n) is 10.4. The summed E-state index contributed by atoms with van der Waals surface area (Å²) in [4.78, 5) is 0. The average molecular weight is 775 g/mol. The van der Waals surface area contributed by atoms with Gasteiger partial charge in [0.15, 0.2) is 8.07 Å². The Morgan fingerprint density at radius 2 is 0.983 bits per heavy atom. The van der Waals surface area contributed by atoms with Crippen molar-refractivity contribution in [2.45, 2.75) is 12.0 Å². The Labute approximate surface area is 342 Å². The number of fused-ring (bicyclic) bond motifs is 10. The average Bonchev–Trinajstić information content (AvgIpc) is 3.96. The summed E-state index contributed by atoms with van der Waals surface area (Å²) in [5, 5.41) is 10.9. The molecular weight excluding hydrogens is 737 g/mol. The van der Waals surface area contributed by atoms with Gasteiger partial charge in [-0.25, -0.2) is 0 Å². The van der Waals surface area contributed by atoms with Crippen LogP contribution in [0.4, 0.5) is 0 Å². The van der Waals surface area contributed by atoms with E-state index in [1.807, 2.05) is 11.3 Å². The van der Waals surface area contributed by atoms with E-state index < -0.39 is 8.07 Å². The molecule has 3 heterocycles. The first-order valence-corrected chi connectivity index (χ1v) is 23.1. The van der Waals surface area contributed by atoms with Crippen LogP contribution in [0.15, 0.2) is 206 Å². The van der Waals surface area contributed by atoms with E-state index in [0.29, 0.717) is 0 Å². The van der Waals surface area contributed by atoms with Crippen molar-refractivity contribution in [2.24, 2.45) is 0 Å². The molecule has 0 N–H and O–H groups in total. The first-order valence-electron chi connectivity index (χ1n) is 20.2. The zero-order chi connectivity index (χ0) is 38.2. The number of para-hydroxylation sites is 3. The number of benzene rings is 8. The van der Waals surface area contributed by atoms with Gasteiger partial charge in [-0.3, -0.25) is 0 Å². The fraction of sp³-hybridized carbons (Fsp3) is 0.0370. The molecule has 11 aromatic rings. The van der Waals surface area contributed by atoms with Crippen molar-refractivity contribution in [3.63, 3.8) is 0 Å². The molecule has 4 heteroatoms. The van der Waals surface area contributed by atoms with Gasteiger partial charge in [0.1, 0.15) is 0 Å². The Bertz CT molecular complexity index is 3320. The second-order valence-electron chi connectivity index (χ2n) is 15.6. The number of thiophene rings is 1. The number of aromatic nitrogens is 2. The smallest absolute Gasteiger partial charge is 0.157 e. The van der Waals surface area contributed by atoms with Crippen molar-refractivity contribution in [1.82, 2.24) is 9.13 Å². The molecule has 0 aliphatic heterocycles. The first kappa shape index (κ1) is 33.4. The van der Waals surface area contributed by atoms with E-state index >= 15 is 0 Å². The van der Waals surface area contributed by atoms with Crippen molar-refractivity contribution in [3.05, 3.63) is 218 Å². The summed E-state index contributed by atoms with van der Waals surface area (Å²) >= 11 is 1.91. The number of hydrogen-bond acceptors (Lipinski definition) is 1. The van der Waals surface area contributed by atoms with Gasteiger partial charge in [0.25, 0.3) is 0 Å². The van der Waals surface area contributed by atoms with Gasteiger partial charge in [0.05, 0.1) is 16.6 Å². The summed E-state index contributed by atoms with van der Waals surface area (Å²) in [6.07, 6.45) is 5.79. The molecule has 0 radical (unpaired) electrons. The molecule has 1 atom stereocenters. The van der Waals surface area contributed by atoms with E-state index in [1.54, 1.807) is 0 Å². The van der Waals surface area contributed by atoms with Crippen LogP contribution < -0.4 is 15.6 Å². The summed E-state index contributed by atoms with van der Waals surface area (Å²) in [6.45, 7) is 0. The van der Waals surface area contributed by atoms with Gasteiger partial charge in [0, 0.05) is 64.5 Å². The van der Waals surface area contributed by atoms with E-state index in [1.165, 1.54) is 91.1 Å². The maximum atomic E-state index is 2.58. The summed E-state index contributed by atoms with van der Waals surface area (Å²) in [7, 11) is -2.85. The number of rotatable bonds is 6. The fourth-order valence-corrected chi connectivity index (χ4v) is 17.1. The van der Waals surface area contributed by atoms with Crippen LogP contribution in [0.5, 0.6) is 0 Å². The van der Waals surface area contributed by atoms with Gasteiger partial charge in [-0.1, -0.05) is 164 Å². The molecule has 1 aliphatic carbocycles. The van der Waals surface area contributed by atoms with Crippen LogP contribution in [-0.4, -0.2) is 17.2 Å². The standard InChI is InChI=1S/C54H38N2SSi/c1-4-17-37(18-5-1)56-47-27-13-10-23-42(47)44-26-16-30-51(53(44)56)58(39-19-6-2-7-20-39,40-21-8-3-9-22-40)41-33-31-38(32-34-41)55-48-28-14-11-25-46(48)52-49(55)36-35-45-43-24-12-15-29-50(43)57-54(45)52/h1-29,31-36,51H,30H2. The molecule has 8 aromatic carbocycles. The largest absolute Gasteiger partial charge is 0.313 e. The quantitative estimate of drug-likeness (QED) is 0.118. The number of hydrogen-bond donors (Lipinski definition) is 0. The first-order chi connectivity index (χ1) is 28.8. The minimum absolute atomic E-state index is 0.213. The normalized spacial score (nSPS) is 14.2. The molecule has 12 rings (SSSR count). The van der Waals surface area contributed by atoms with Gasteiger partial charge in [-0.15, -0.1) is 11.3 Å². The maximum Gasteiger partial charge on any atom is 0.157 e. The zero-order valence-corrected chi connectivity index (χ0v) is 33.6. The molecule has 2 nitrogen and oxygen atoms in total. The number of allylic oxidation sites excluding steroid dienone is 1. The van der Waals surface area contributed by atoms with E-state index in [-0.39, 0.29) is 5.54 Å². The topological polar surface area (TPSA) is 9.86 Å². The van der Waals surface area contributed by atoms with Crippen molar-refractivity contribution >= 4 is 93.9 Å². The van der Waals surface area contributed by atoms with Crippen molar-refractivity contribution < 1.29 is 0 Å². The molecule has 274 valence electrons. The monoisotopic (exact) mass is 774 g/mol. The number of nitrogens with zero attached hydrogens (tertiary/aromatic N) is 2. The molecule has 0 fully saturated rings. The van der Waals surface area contributed by atoms with Crippen molar-refractivity contribution in [1.29, 1.82) is 0 Å². The Balaban J connectivity index is 1.13. The van der Waals surface area contributed by atoms with Gasteiger partial charge in [-0.05, 0) is 70.5 Å². The Hall–Kier alpha value is -6.72. The third kappa shape index (κ3) is 4.76. The lowest BCUT2D eigenvalue weighted by atomic mass is 10.0. The maximum absolute atomic E-state index is 2.85. The van der Waals surface area contributed by atoms with Crippen molar-refractivity contribution in [3.8, 4) is 11.4 Å². The van der Waals surface area contributed by atoms with Crippen LogP contribution in [-0.2, 0) is 0 Å². The summed E-state index contributed by atoms with van der Waals surface area (Å²) in [5.74, 6) is 0. The van der Waals surface area contributed by atoms with E-state index in [2.05, 4.69) is 221 Å². The lowest BCUT2D eigenvalue weighted by Gasteiger charge is -2.42. The predicted octanol–water partition coefficient (Wildman–Crippen LogP) is 12.3. The van der Waals surface area contributed by atoms with E-state index in [9.17, 15) is 0 Å². The van der Waals surface area contributed by atoms with E-state index in [4.69, 9.17) is 0 Å². The van der Waals surface area contributed by atoms with Gasteiger partial charge in [-0.2, -0.15) is 0 Å². The van der Waals surface area contributed by atoms with Crippen LogP contribution >= 0.6 is 11.3 Å². The Morgan fingerprint density at radius 3 is 1.69 bits per heavy atom. The molecular formula is C54H38N2SSi. The summed E-state index contributed by atoms with van der Waals surface area (Å²) in [6, 6.07) is 75.1. The molecule has 1 aliphatic rings. The molecule has 1 unspecified atom stereocenters. The highest BCUT2D eigenvalue weighted by Gasteiger charge is 2.49. The zero-order valence-electron chi connectivity index (χ0n) is 31.8. The van der Waals surface area contributed by atoms with Gasteiger partial charge in [0.2, 0.25) is 0 Å². The molecule has 3 aromatic heterocycles. The molecule has 0 bridgehead atoms. The summed E-state index contributed by atoms with van der Waals surface area (Å²) < 4.78 is 7.76. The van der Waals surface area contributed by atoms with E-state index in [0.717, 1.165) is 6.42 Å². The molecule has 0 spiro atoms. The predicted molar refractivity (Wildman–Crippen MR) is 251 cm³/mol.